The molecule has 0 saturated carbocycles. The Bertz CT molecular complexity index is 3490. The molecular formula is C58H37N3O. The third-order valence-corrected chi connectivity index (χ3v) is 12.1. The predicted octanol–water partition coefficient (Wildman–Crippen LogP) is 15.5. The number of benzene rings is 9. The molecule has 3 heterocycles. The molecule has 0 saturated heterocycles. The van der Waals surface area contributed by atoms with Gasteiger partial charge in [-0.25, -0.2) is 9.97 Å². The van der Waals surface area contributed by atoms with Gasteiger partial charge in [0.25, 0.3) is 0 Å². The summed E-state index contributed by atoms with van der Waals surface area (Å²) in [6.45, 7) is 0. The van der Waals surface area contributed by atoms with Gasteiger partial charge in [-0.05, 0) is 75.8 Å². The lowest BCUT2D eigenvalue weighted by atomic mass is 9.99. The lowest BCUT2D eigenvalue weighted by Crippen LogP contribution is -1.96. The van der Waals surface area contributed by atoms with E-state index in [4.69, 9.17) is 14.4 Å². The summed E-state index contributed by atoms with van der Waals surface area (Å²) in [6.07, 6.45) is 0. The van der Waals surface area contributed by atoms with Crippen LogP contribution in [0.15, 0.2) is 229 Å². The van der Waals surface area contributed by atoms with E-state index in [1.165, 1.54) is 33.0 Å². The van der Waals surface area contributed by atoms with E-state index in [9.17, 15) is 0 Å². The van der Waals surface area contributed by atoms with E-state index in [0.717, 1.165) is 77.9 Å². The molecule has 0 radical (unpaired) electrons. The fourth-order valence-corrected chi connectivity index (χ4v) is 9.00. The van der Waals surface area contributed by atoms with E-state index in [0.29, 0.717) is 5.82 Å². The van der Waals surface area contributed by atoms with Crippen LogP contribution in [0.4, 0.5) is 0 Å². The smallest absolute Gasteiger partial charge is 0.160 e. The van der Waals surface area contributed by atoms with Gasteiger partial charge < -0.3 is 8.98 Å². The number of fused-ring (bicyclic) bond motifs is 6. The SMILES string of the molecule is c1ccc(-c2ccc(-c3cc(-c4cccc5oc6cc(-n7c8ccccc8c8cc(-c9ccccc9)ccc87)ccc6c45)nc(-c4ccc(-c5ccccc5)cc4)n3)cc2)cc1. The number of hydrogen-bond donors (Lipinski definition) is 0. The third-order valence-electron chi connectivity index (χ3n) is 12.1. The van der Waals surface area contributed by atoms with Crippen LogP contribution in [-0.4, -0.2) is 14.5 Å². The molecule has 0 unspecified atom stereocenters. The largest absolute Gasteiger partial charge is 0.456 e. The summed E-state index contributed by atoms with van der Waals surface area (Å²) in [4.78, 5) is 10.5. The van der Waals surface area contributed by atoms with Crippen LogP contribution in [-0.2, 0) is 0 Å². The van der Waals surface area contributed by atoms with Gasteiger partial charge in [-0.15, -0.1) is 0 Å². The molecular weight excluding hydrogens is 755 g/mol. The van der Waals surface area contributed by atoms with Crippen LogP contribution in [0.2, 0.25) is 0 Å². The number of nitrogens with zero attached hydrogens (tertiary/aromatic N) is 3. The van der Waals surface area contributed by atoms with Crippen LogP contribution in [0.3, 0.4) is 0 Å². The lowest BCUT2D eigenvalue weighted by Gasteiger charge is -2.11. The molecule has 0 N–H and O–H groups in total. The Hall–Kier alpha value is -8.34. The predicted molar refractivity (Wildman–Crippen MR) is 256 cm³/mol. The van der Waals surface area contributed by atoms with E-state index in [1.54, 1.807) is 0 Å². The summed E-state index contributed by atoms with van der Waals surface area (Å²) in [7, 11) is 0. The molecule has 0 spiro atoms. The Kier molecular flexibility index (Phi) is 8.46. The second-order valence-electron chi connectivity index (χ2n) is 15.8. The highest BCUT2D eigenvalue weighted by Gasteiger charge is 2.19. The van der Waals surface area contributed by atoms with Crippen molar-refractivity contribution in [2.75, 3.05) is 0 Å². The van der Waals surface area contributed by atoms with Gasteiger partial charge in [0.05, 0.1) is 22.4 Å². The van der Waals surface area contributed by atoms with Crippen molar-refractivity contribution in [2.24, 2.45) is 0 Å². The Morgan fingerprint density at radius 3 is 1.56 bits per heavy atom. The fourth-order valence-electron chi connectivity index (χ4n) is 9.00. The zero-order valence-corrected chi connectivity index (χ0v) is 33.6. The first kappa shape index (κ1) is 35.6. The summed E-state index contributed by atoms with van der Waals surface area (Å²) in [5.74, 6) is 0.665. The molecule has 3 aromatic heterocycles. The summed E-state index contributed by atoms with van der Waals surface area (Å²) >= 11 is 0. The minimum atomic E-state index is 0.665. The van der Waals surface area contributed by atoms with Crippen LogP contribution in [0.25, 0.3) is 117 Å². The Morgan fingerprint density at radius 1 is 0.323 bits per heavy atom. The average molecular weight is 792 g/mol. The van der Waals surface area contributed by atoms with Crippen LogP contribution >= 0.6 is 0 Å². The van der Waals surface area contributed by atoms with Crippen molar-refractivity contribution in [1.29, 1.82) is 0 Å². The number of rotatable bonds is 7. The van der Waals surface area contributed by atoms with Crippen molar-refractivity contribution in [3.63, 3.8) is 0 Å². The molecule has 12 aromatic rings. The van der Waals surface area contributed by atoms with Crippen molar-refractivity contribution in [2.45, 2.75) is 0 Å². The quantitative estimate of drug-likeness (QED) is 0.161. The maximum absolute atomic E-state index is 6.74. The fraction of sp³-hybridized carbons (Fsp3) is 0. The Labute approximate surface area is 358 Å². The van der Waals surface area contributed by atoms with Gasteiger partial charge in [0, 0.05) is 50.0 Å². The highest BCUT2D eigenvalue weighted by Crippen LogP contribution is 2.41. The Balaban J connectivity index is 0.994. The normalized spacial score (nSPS) is 11.5. The number of hydrogen-bond acceptors (Lipinski definition) is 3. The zero-order valence-electron chi connectivity index (χ0n) is 33.6. The molecule has 0 amide bonds. The summed E-state index contributed by atoms with van der Waals surface area (Å²) in [5.41, 5.74) is 16.7. The van der Waals surface area contributed by atoms with Crippen LogP contribution in [0, 0.1) is 0 Å². The topological polar surface area (TPSA) is 43.9 Å². The van der Waals surface area contributed by atoms with Gasteiger partial charge in [0.1, 0.15) is 11.2 Å². The van der Waals surface area contributed by atoms with Gasteiger partial charge in [0.2, 0.25) is 0 Å². The first-order valence-corrected chi connectivity index (χ1v) is 21.0. The third kappa shape index (κ3) is 6.16. The van der Waals surface area contributed by atoms with E-state index >= 15 is 0 Å². The second-order valence-corrected chi connectivity index (χ2v) is 15.8. The lowest BCUT2D eigenvalue weighted by molar-refractivity contribution is 0.668. The van der Waals surface area contributed by atoms with Crippen molar-refractivity contribution < 1.29 is 4.42 Å². The zero-order chi connectivity index (χ0) is 41.0. The van der Waals surface area contributed by atoms with Crippen molar-refractivity contribution >= 4 is 43.7 Å². The van der Waals surface area contributed by atoms with Gasteiger partial charge >= 0.3 is 0 Å². The van der Waals surface area contributed by atoms with Crippen molar-refractivity contribution in [3.8, 4) is 73.0 Å². The summed E-state index contributed by atoms with van der Waals surface area (Å²) < 4.78 is 9.09. The van der Waals surface area contributed by atoms with Gasteiger partial charge in [-0.1, -0.05) is 176 Å². The van der Waals surface area contributed by atoms with E-state index < -0.39 is 0 Å². The van der Waals surface area contributed by atoms with E-state index in [1.807, 2.05) is 12.1 Å². The standard InChI is InChI=1S/C58H37N3O/c1-4-13-38(14-5-1)41-23-27-43(28-24-41)51-37-52(60-58(59-51)44-29-25-42(26-30-44)39-15-6-2-7-16-39)48-20-12-22-55-57(48)49-33-32-46(36-56(49)62-55)61-53-21-11-10-19-47(53)50-35-45(31-34-54(50)61)40-17-8-3-9-18-40/h1-37H. The first-order valence-electron chi connectivity index (χ1n) is 21.0. The molecule has 62 heavy (non-hydrogen) atoms. The average Bonchev–Trinajstić information content (AvgIpc) is 3.90. The molecule has 290 valence electrons. The van der Waals surface area contributed by atoms with Crippen molar-refractivity contribution in [1.82, 2.24) is 14.5 Å². The van der Waals surface area contributed by atoms with E-state index in [-0.39, 0.29) is 0 Å². The van der Waals surface area contributed by atoms with Crippen LogP contribution in [0.1, 0.15) is 0 Å². The molecule has 0 fully saturated rings. The number of para-hydroxylation sites is 1. The molecule has 0 aliphatic rings. The molecule has 4 heteroatoms. The number of furan rings is 1. The molecule has 12 rings (SSSR count). The van der Waals surface area contributed by atoms with Crippen molar-refractivity contribution in [3.05, 3.63) is 224 Å². The maximum Gasteiger partial charge on any atom is 0.160 e. The molecule has 9 aromatic carbocycles. The highest BCUT2D eigenvalue weighted by molar-refractivity contribution is 6.14. The highest BCUT2D eigenvalue weighted by atomic mass is 16.3. The van der Waals surface area contributed by atoms with Crippen LogP contribution < -0.4 is 0 Å². The van der Waals surface area contributed by atoms with Crippen LogP contribution in [0.5, 0.6) is 0 Å². The van der Waals surface area contributed by atoms with Gasteiger partial charge in [0.15, 0.2) is 5.82 Å². The molecule has 0 atom stereocenters. The Morgan fingerprint density at radius 2 is 0.871 bits per heavy atom. The van der Waals surface area contributed by atoms with Gasteiger partial charge in [-0.2, -0.15) is 0 Å². The summed E-state index contributed by atoms with van der Waals surface area (Å²) in [5, 5.41) is 4.49. The second kappa shape index (κ2) is 14.7. The van der Waals surface area contributed by atoms with E-state index in [2.05, 4.69) is 217 Å². The maximum atomic E-state index is 6.74. The molecule has 4 nitrogen and oxygen atoms in total. The minimum Gasteiger partial charge on any atom is -0.456 e. The summed E-state index contributed by atoms with van der Waals surface area (Å²) in [6, 6.07) is 79.1. The van der Waals surface area contributed by atoms with Gasteiger partial charge in [-0.3, -0.25) is 0 Å². The molecule has 0 aliphatic carbocycles. The molecule has 0 aliphatic heterocycles. The monoisotopic (exact) mass is 791 g/mol. The first-order chi connectivity index (χ1) is 30.7. The molecule has 0 bridgehead atoms. The number of aromatic nitrogens is 3. The minimum absolute atomic E-state index is 0.665.